The summed E-state index contributed by atoms with van der Waals surface area (Å²) in [5.74, 6) is -0.387. The molecule has 0 saturated carbocycles. The van der Waals surface area contributed by atoms with Crippen LogP contribution in [0.15, 0.2) is 39.1 Å². The van der Waals surface area contributed by atoms with Gasteiger partial charge >= 0.3 is 11.7 Å². The molecule has 1 saturated heterocycles. The largest absolute Gasteiger partial charge is 0.496 e. The summed E-state index contributed by atoms with van der Waals surface area (Å²) in [6.07, 6.45) is 1.04. The van der Waals surface area contributed by atoms with Gasteiger partial charge in [0.25, 0.3) is 5.56 Å². The van der Waals surface area contributed by atoms with E-state index in [0.29, 0.717) is 24.2 Å². The first-order valence-corrected chi connectivity index (χ1v) is 11.8. The fraction of sp³-hybridized carbons (Fsp3) is 0.500. The van der Waals surface area contributed by atoms with Crippen LogP contribution in [0, 0.1) is 5.82 Å². The molecule has 37 heavy (non-hydrogen) atoms. The molecule has 1 aromatic heterocycles. The van der Waals surface area contributed by atoms with E-state index >= 15 is 0 Å². The lowest BCUT2D eigenvalue weighted by molar-refractivity contribution is -0.138. The van der Waals surface area contributed by atoms with E-state index in [4.69, 9.17) is 14.4 Å². The number of benzene rings is 1. The van der Waals surface area contributed by atoms with Crippen molar-refractivity contribution in [3.63, 3.8) is 0 Å². The zero-order chi connectivity index (χ0) is 27.3. The molecule has 2 heterocycles. The standard InChI is InChI=1S/C24H32FN5O7/c1-15(2)37-26-16(3)19-13-28(14-20(31)18-12-17(25)8-9-21(18)35-5)24(34)30(22(19)32)27(4)23(33)29-10-6-7-11-36-29/h8-9,12-13,15,20,31H,6-7,10-11,14H2,1-5H3/b26-16+. The molecule has 0 radical (unpaired) electrons. The van der Waals surface area contributed by atoms with E-state index in [9.17, 15) is 23.9 Å². The number of aliphatic hydroxyl groups is 1. The van der Waals surface area contributed by atoms with Crippen molar-refractivity contribution in [2.75, 3.05) is 32.3 Å². The number of rotatable bonds is 8. The number of ether oxygens (including phenoxy) is 1. The molecule has 1 N–H and O–H groups in total. The number of methoxy groups -OCH3 is 1. The van der Waals surface area contributed by atoms with Crippen molar-refractivity contribution in [1.82, 2.24) is 14.3 Å². The number of halogens is 1. The van der Waals surface area contributed by atoms with Crippen LogP contribution in [0.25, 0.3) is 0 Å². The van der Waals surface area contributed by atoms with E-state index < -0.39 is 29.2 Å². The second-order valence-electron chi connectivity index (χ2n) is 8.78. The molecule has 12 nitrogen and oxygen atoms in total. The van der Waals surface area contributed by atoms with Gasteiger partial charge in [-0.3, -0.25) is 14.2 Å². The number of carbonyl (C=O) groups is 1. The molecule has 202 valence electrons. The number of aliphatic hydroxyl groups excluding tert-OH is 1. The van der Waals surface area contributed by atoms with Crippen molar-refractivity contribution in [1.29, 1.82) is 0 Å². The van der Waals surface area contributed by atoms with Crippen LogP contribution < -0.4 is 21.0 Å². The fourth-order valence-corrected chi connectivity index (χ4v) is 3.71. The number of oxime groups is 1. The van der Waals surface area contributed by atoms with Gasteiger partial charge in [-0.25, -0.2) is 24.1 Å². The van der Waals surface area contributed by atoms with Gasteiger partial charge in [0.15, 0.2) is 0 Å². The van der Waals surface area contributed by atoms with Crippen LogP contribution in [0.3, 0.4) is 0 Å². The molecule has 13 heteroatoms. The first kappa shape index (κ1) is 27.9. The predicted molar refractivity (Wildman–Crippen MR) is 133 cm³/mol. The number of urea groups is 1. The number of hydrogen-bond acceptors (Lipinski definition) is 8. The van der Waals surface area contributed by atoms with Crippen LogP contribution in [-0.2, 0) is 16.2 Å². The van der Waals surface area contributed by atoms with Crippen molar-refractivity contribution >= 4 is 11.7 Å². The van der Waals surface area contributed by atoms with E-state index in [1.165, 1.54) is 39.4 Å². The number of aromatic nitrogens is 2. The van der Waals surface area contributed by atoms with Crippen LogP contribution in [0.1, 0.15) is 50.8 Å². The minimum Gasteiger partial charge on any atom is -0.496 e. The molecule has 0 aliphatic carbocycles. The Morgan fingerprint density at radius 3 is 2.65 bits per heavy atom. The van der Waals surface area contributed by atoms with Crippen molar-refractivity contribution in [2.24, 2.45) is 5.16 Å². The Labute approximate surface area is 213 Å². The monoisotopic (exact) mass is 521 g/mol. The number of nitrogens with zero attached hydrogens (tertiary/aromatic N) is 5. The van der Waals surface area contributed by atoms with E-state index in [1.54, 1.807) is 13.8 Å². The molecule has 2 aromatic rings. The summed E-state index contributed by atoms with van der Waals surface area (Å²) in [7, 11) is 2.63. The first-order valence-electron chi connectivity index (χ1n) is 11.8. The number of hydroxylamine groups is 2. The highest BCUT2D eigenvalue weighted by molar-refractivity contribution is 5.97. The lowest BCUT2D eigenvalue weighted by Gasteiger charge is -2.30. The highest BCUT2D eigenvalue weighted by atomic mass is 19.1. The van der Waals surface area contributed by atoms with Gasteiger partial charge in [-0.15, -0.1) is 0 Å². The summed E-state index contributed by atoms with van der Waals surface area (Å²) in [4.78, 5) is 50.5. The molecule has 2 amide bonds. The Kier molecular flexibility index (Phi) is 9.05. The highest BCUT2D eigenvalue weighted by Crippen LogP contribution is 2.26. The van der Waals surface area contributed by atoms with Gasteiger partial charge < -0.3 is 14.7 Å². The van der Waals surface area contributed by atoms with Gasteiger partial charge in [0.05, 0.1) is 38.1 Å². The molecule has 0 spiro atoms. The Morgan fingerprint density at radius 1 is 1.30 bits per heavy atom. The minimum atomic E-state index is -1.39. The number of carbonyl (C=O) groups excluding carboxylic acids is 1. The molecule has 0 bridgehead atoms. The van der Waals surface area contributed by atoms with Gasteiger partial charge in [-0.1, -0.05) is 5.16 Å². The minimum absolute atomic E-state index is 0.0436. The Bertz CT molecular complexity index is 1270. The smallest absolute Gasteiger partial charge is 0.362 e. The molecule has 1 aliphatic rings. The number of hydrogen-bond donors (Lipinski definition) is 1. The third-order valence-electron chi connectivity index (χ3n) is 5.64. The van der Waals surface area contributed by atoms with E-state index in [1.807, 2.05) is 0 Å². The summed E-state index contributed by atoms with van der Waals surface area (Å²) >= 11 is 0. The van der Waals surface area contributed by atoms with Crippen LogP contribution in [0.4, 0.5) is 9.18 Å². The molecular formula is C24H32FN5O7. The average Bonchev–Trinajstić information content (AvgIpc) is 2.88. The lowest BCUT2D eigenvalue weighted by Crippen LogP contribution is -2.58. The SMILES string of the molecule is COc1ccc(F)cc1C(O)Cn1cc(/C(C)=N/OC(C)C)c(=O)n(N(C)C(=O)N2CCCCO2)c1=O. The third-order valence-corrected chi connectivity index (χ3v) is 5.64. The van der Waals surface area contributed by atoms with E-state index in [0.717, 1.165) is 27.1 Å². The predicted octanol–water partition coefficient (Wildman–Crippen LogP) is 1.76. The third kappa shape index (κ3) is 6.35. The number of amides is 2. The van der Waals surface area contributed by atoms with Gasteiger partial charge in [0.1, 0.15) is 23.8 Å². The summed E-state index contributed by atoms with van der Waals surface area (Å²) in [6.45, 7) is 5.27. The lowest BCUT2D eigenvalue weighted by atomic mass is 10.1. The zero-order valence-electron chi connectivity index (χ0n) is 21.5. The summed E-state index contributed by atoms with van der Waals surface area (Å²) in [5, 5.41) is 16.8. The van der Waals surface area contributed by atoms with Gasteiger partial charge in [0.2, 0.25) is 0 Å². The molecule has 1 atom stereocenters. The molecule has 1 aliphatic heterocycles. The fourth-order valence-electron chi connectivity index (χ4n) is 3.71. The molecule has 1 fully saturated rings. The second kappa shape index (κ2) is 12.0. The topological polar surface area (TPSA) is 128 Å². The Hall–Kier alpha value is -3.71. The van der Waals surface area contributed by atoms with Gasteiger partial charge in [-0.05, 0) is 51.8 Å². The zero-order valence-corrected chi connectivity index (χ0v) is 21.5. The summed E-state index contributed by atoms with van der Waals surface area (Å²) in [6, 6.07) is 2.91. The molecule has 1 aromatic carbocycles. The normalized spacial score (nSPS) is 15.0. The van der Waals surface area contributed by atoms with Crippen molar-refractivity contribution < 1.29 is 28.7 Å². The van der Waals surface area contributed by atoms with Crippen molar-refractivity contribution in [3.8, 4) is 5.75 Å². The second-order valence-corrected chi connectivity index (χ2v) is 8.78. The maximum atomic E-state index is 13.9. The van der Waals surface area contributed by atoms with Gasteiger partial charge in [-0.2, -0.15) is 4.68 Å². The highest BCUT2D eigenvalue weighted by Gasteiger charge is 2.27. The maximum Gasteiger partial charge on any atom is 0.362 e. The summed E-state index contributed by atoms with van der Waals surface area (Å²) in [5.41, 5.74) is -1.52. The van der Waals surface area contributed by atoms with Crippen LogP contribution in [-0.4, -0.2) is 64.6 Å². The first-order chi connectivity index (χ1) is 17.5. The van der Waals surface area contributed by atoms with Crippen LogP contribution in [0.5, 0.6) is 5.75 Å². The molecular weight excluding hydrogens is 489 g/mol. The Morgan fingerprint density at radius 2 is 2.03 bits per heavy atom. The quantitative estimate of drug-likeness (QED) is 0.414. The van der Waals surface area contributed by atoms with E-state index in [-0.39, 0.29) is 35.2 Å². The van der Waals surface area contributed by atoms with Crippen molar-refractivity contribution in [3.05, 3.63) is 62.2 Å². The van der Waals surface area contributed by atoms with Crippen LogP contribution >= 0.6 is 0 Å². The maximum absolute atomic E-state index is 13.9. The van der Waals surface area contributed by atoms with Crippen molar-refractivity contribution in [2.45, 2.75) is 52.4 Å². The van der Waals surface area contributed by atoms with Gasteiger partial charge in [0, 0.05) is 18.8 Å². The Balaban J connectivity index is 2.11. The van der Waals surface area contributed by atoms with E-state index in [2.05, 4.69) is 5.16 Å². The molecule has 3 rings (SSSR count). The summed E-state index contributed by atoms with van der Waals surface area (Å²) < 4.78 is 20.8. The molecule has 1 unspecified atom stereocenters. The van der Waals surface area contributed by atoms with Crippen LogP contribution in [0.2, 0.25) is 0 Å². The average molecular weight is 522 g/mol.